The number of fused-ring (bicyclic) bond motifs is 1. The Morgan fingerprint density at radius 2 is 1.41 bits per heavy atom. The van der Waals surface area contributed by atoms with Crippen molar-refractivity contribution in [2.75, 3.05) is 148 Å². The van der Waals surface area contributed by atoms with Crippen molar-refractivity contribution < 1.29 is 51.1 Å². The Hall–Kier alpha value is -3.65. The number of aryl methyl sites for hydroxylation is 1. The molecule has 20 heteroatoms. The van der Waals surface area contributed by atoms with Crippen molar-refractivity contribution in [2.45, 2.75) is 44.7 Å². The van der Waals surface area contributed by atoms with Crippen LogP contribution in [0.1, 0.15) is 53.3 Å². The van der Waals surface area contributed by atoms with Crippen molar-refractivity contribution in [1.29, 1.82) is 0 Å². The van der Waals surface area contributed by atoms with E-state index in [2.05, 4.69) is 20.9 Å². The second-order valence-electron chi connectivity index (χ2n) is 15.1. The van der Waals surface area contributed by atoms with E-state index in [0.717, 1.165) is 68.6 Å². The number of carbonyl (C=O) groups excluding carboxylic acids is 1. The maximum atomic E-state index is 14.0. The average Bonchev–Trinajstić information content (AvgIpc) is 3.91. The number of nitrogens with zero attached hydrogens (tertiary/aromatic N) is 5. The molecule has 0 spiro atoms. The van der Waals surface area contributed by atoms with E-state index in [1.807, 2.05) is 19.2 Å². The number of benzene rings is 1. The van der Waals surface area contributed by atoms with Crippen LogP contribution >= 0.6 is 11.6 Å². The molecule has 63 heavy (non-hydrogen) atoms. The number of aromatic nitrogens is 3. The van der Waals surface area contributed by atoms with E-state index in [-0.39, 0.29) is 23.2 Å². The smallest absolute Gasteiger partial charge is 0.256 e. The lowest BCUT2D eigenvalue weighted by molar-refractivity contribution is -0.0224. The Morgan fingerprint density at radius 1 is 0.825 bits per heavy atom. The SMILES string of the molecule is C#CCOCCOCCOCCOCCOCCOCCOCCOCCN[C@H]1CCN(c2nc3cc([C@@H]4CCCCN4C(=O)c4cc(Cl)ccc4NS(C)(=O)=O)nn3cc2C)C1. The van der Waals surface area contributed by atoms with Gasteiger partial charge in [0.05, 0.1) is 128 Å². The summed E-state index contributed by atoms with van der Waals surface area (Å²) in [6, 6.07) is 6.53. The monoisotopic (exact) mass is 921 g/mol. The van der Waals surface area contributed by atoms with Gasteiger partial charge in [-0.3, -0.25) is 9.52 Å². The van der Waals surface area contributed by atoms with Crippen LogP contribution in [-0.4, -0.2) is 178 Å². The summed E-state index contributed by atoms with van der Waals surface area (Å²) in [5.74, 6) is 3.01. The molecule has 2 saturated heterocycles. The van der Waals surface area contributed by atoms with Gasteiger partial charge in [0, 0.05) is 55.1 Å². The highest BCUT2D eigenvalue weighted by molar-refractivity contribution is 7.92. The quantitative estimate of drug-likeness (QED) is 0.0707. The van der Waals surface area contributed by atoms with Crippen molar-refractivity contribution in [3.8, 4) is 12.3 Å². The minimum Gasteiger partial charge on any atom is -0.378 e. The summed E-state index contributed by atoms with van der Waals surface area (Å²) in [6.07, 6.45) is 11.6. The number of hydrogen-bond acceptors (Lipinski definition) is 15. The van der Waals surface area contributed by atoms with Crippen LogP contribution in [0.4, 0.5) is 11.5 Å². The summed E-state index contributed by atoms with van der Waals surface area (Å²) in [7, 11) is -3.62. The van der Waals surface area contributed by atoms with Crippen molar-refractivity contribution in [3.05, 3.63) is 52.3 Å². The zero-order valence-corrected chi connectivity index (χ0v) is 38.2. The number of piperidine rings is 1. The minimum atomic E-state index is -3.62. The van der Waals surface area contributed by atoms with Gasteiger partial charge in [0.2, 0.25) is 10.0 Å². The van der Waals surface area contributed by atoms with E-state index in [9.17, 15) is 13.2 Å². The van der Waals surface area contributed by atoms with Crippen LogP contribution in [0.3, 0.4) is 0 Å². The number of hydrogen-bond donors (Lipinski definition) is 2. The summed E-state index contributed by atoms with van der Waals surface area (Å²) in [5.41, 5.74) is 2.84. The van der Waals surface area contributed by atoms with Gasteiger partial charge in [-0.25, -0.2) is 17.9 Å². The van der Waals surface area contributed by atoms with Gasteiger partial charge in [0.25, 0.3) is 5.91 Å². The Labute approximate surface area is 376 Å². The maximum Gasteiger partial charge on any atom is 0.256 e. The molecule has 2 aliphatic heterocycles. The third-order valence-electron chi connectivity index (χ3n) is 10.2. The summed E-state index contributed by atoms with van der Waals surface area (Å²) in [5, 5.41) is 8.82. The molecule has 18 nitrogen and oxygen atoms in total. The van der Waals surface area contributed by atoms with Gasteiger partial charge in [-0.15, -0.1) is 6.42 Å². The zero-order valence-electron chi connectivity index (χ0n) is 36.6. The Morgan fingerprint density at radius 3 is 2.00 bits per heavy atom. The molecule has 0 unspecified atom stereocenters. The molecule has 0 saturated carbocycles. The first-order chi connectivity index (χ1) is 30.6. The lowest BCUT2D eigenvalue weighted by Gasteiger charge is -2.35. The first kappa shape index (κ1) is 50.4. The molecule has 4 heterocycles. The van der Waals surface area contributed by atoms with Crippen LogP contribution in [-0.2, 0) is 47.9 Å². The highest BCUT2D eigenvalue weighted by atomic mass is 35.5. The first-order valence-corrected chi connectivity index (χ1v) is 23.9. The Balaban J connectivity index is 0.903. The number of rotatable bonds is 31. The predicted octanol–water partition coefficient (Wildman–Crippen LogP) is 3.36. The number of likely N-dealkylation sites (tertiary alicyclic amines) is 1. The third-order valence-corrected chi connectivity index (χ3v) is 11.0. The second kappa shape index (κ2) is 27.6. The first-order valence-electron chi connectivity index (χ1n) is 21.6. The molecule has 0 radical (unpaired) electrons. The Bertz CT molecular complexity index is 1990. The molecular formula is C43H64ClN7O11S. The third kappa shape index (κ3) is 17.7. The fraction of sp³-hybridized carbons (Fsp3) is 0.651. The molecule has 2 N–H and O–H groups in total. The van der Waals surface area contributed by atoms with E-state index < -0.39 is 10.0 Å². The maximum absolute atomic E-state index is 14.0. The van der Waals surface area contributed by atoms with Crippen LogP contribution < -0.4 is 14.9 Å². The number of ether oxygens (including phenoxy) is 8. The van der Waals surface area contributed by atoms with E-state index in [1.54, 1.807) is 15.5 Å². The zero-order chi connectivity index (χ0) is 44.7. The number of terminal acetylenes is 1. The van der Waals surface area contributed by atoms with Gasteiger partial charge >= 0.3 is 0 Å². The normalized spacial score (nSPS) is 16.9. The van der Waals surface area contributed by atoms with Crippen LogP contribution in [0.15, 0.2) is 30.5 Å². The number of amides is 1. The molecule has 2 fully saturated rings. The molecule has 2 atom stereocenters. The predicted molar refractivity (Wildman–Crippen MR) is 239 cm³/mol. The number of carbonyl (C=O) groups is 1. The lowest BCUT2D eigenvalue weighted by atomic mass is 9.98. The fourth-order valence-corrected chi connectivity index (χ4v) is 8.00. The highest BCUT2D eigenvalue weighted by Crippen LogP contribution is 2.34. The van der Waals surface area contributed by atoms with E-state index >= 15 is 0 Å². The standard InChI is InChI=1S/C43H64ClN7O11S/c1-4-14-55-16-18-57-20-22-59-24-26-61-28-29-62-27-25-60-23-21-58-19-17-56-15-11-45-36-10-13-49(33-36)42-34(2)32-51-41(46-42)31-39(47-51)40-7-5-6-12-50(40)43(52)37-30-35(44)8-9-38(37)48-63(3,53)54/h1,8-9,30-32,36,40,45,48H,5-7,10-29,33H2,2-3H3/t36-,40-/m0/s1. The largest absolute Gasteiger partial charge is 0.378 e. The highest BCUT2D eigenvalue weighted by Gasteiger charge is 2.33. The molecule has 1 amide bonds. The van der Waals surface area contributed by atoms with Gasteiger partial charge in [-0.05, 0) is 50.8 Å². The van der Waals surface area contributed by atoms with Crippen molar-refractivity contribution in [1.82, 2.24) is 24.8 Å². The van der Waals surface area contributed by atoms with Gasteiger partial charge < -0.3 is 53.0 Å². The van der Waals surface area contributed by atoms with E-state index in [4.69, 9.17) is 66.0 Å². The molecular weight excluding hydrogens is 858 g/mol. The van der Waals surface area contributed by atoms with Crippen molar-refractivity contribution >= 4 is 44.7 Å². The van der Waals surface area contributed by atoms with Crippen LogP contribution in [0.2, 0.25) is 5.02 Å². The average molecular weight is 923 g/mol. The number of sulfonamides is 1. The topological polar surface area (TPSA) is 186 Å². The molecule has 1 aromatic carbocycles. The molecule has 2 aliphatic rings. The number of nitrogens with one attached hydrogen (secondary N) is 2. The van der Waals surface area contributed by atoms with Gasteiger partial charge in [-0.1, -0.05) is 17.5 Å². The van der Waals surface area contributed by atoms with Crippen LogP contribution in [0.25, 0.3) is 5.65 Å². The molecule has 3 aromatic rings. The van der Waals surface area contributed by atoms with E-state index in [1.165, 1.54) is 12.1 Å². The number of anilines is 2. The summed E-state index contributed by atoms with van der Waals surface area (Å²) < 4.78 is 72.2. The fourth-order valence-electron chi connectivity index (χ4n) is 7.25. The molecule has 0 aliphatic carbocycles. The van der Waals surface area contributed by atoms with Gasteiger partial charge in [0.1, 0.15) is 12.4 Å². The van der Waals surface area contributed by atoms with Crippen LogP contribution in [0, 0.1) is 19.3 Å². The number of halogens is 1. The molecule has 2 aromatic heterocycles. The molecule has 5 rings (SSSR count). The summed E-state index contributed by atoms with van der Waals surface area (Å²) in [6.45, 7) is 12.8. The van der Waals surface area contributed by atoms with E-state index in [0.29, 0.717) is 129 Å². The molecule has 0 bridgehead atoms. The van der Waals surface area contributed by atoms with Gasteiger partial charge in [-0.2, -0.15) is 5.10 Å². The minimum absolute atomic E-state index is 0.193. The summed E-state index contributed by atoms with van der Waals surface area (Å²) in [4.78, 5) is 23.1. The second-order valence-corrected chi connectivity index (χ2v) is 17.3. The van der Waals surface area contributed by atoms with Crippen molar-refractivity contribution in [2.24, 2.45) is 0 Å². The summed E-state index contributed by atoms with van der Waals surface area (Å²) >= 11 is 6.27. The van der Waals surface area contributed by atoms with Crippen molar-refractivity contribution in [3.63, 3.8) is 0 Å². The van der Waals surface area contributed by atoms with Gasteiger partial charge in [0.15, 0.2) is 5.65 Å². The molecule has 350 valence electrons. The Kier molecular flexibility index (Phi) is 22.1. The lowest BCUT2D eigenvalue weighted by Crippen LogP contribution is -2.39. The van der Waals surface area contributed by atoms with Crippen LogP contribution in [0.5, 0.6) is 0 Å².